The molecule has 2 aliphatic carbocycles. The maximum atomic E-state index is 14.5. The number of pyridine rings is 1. The van der Waals surface area contributed by atoms with Crippen molar-refractivity contribution in [1.82, 2.24) is 19.7 Å². The molecule has 3 N–H and O–H groups in total. The van der Waals surface area contributed by atoms with Crippen molar-refractivity contribution in [3.05, 3.63) is 45.5 Å². The van der Waals surface area contributed by atoms with Crippen LogP contribution in [0.25, 0.3) is 0 Å². The van der Waals surface area contributed by atoms with Crippen LogP contribution in [0.15, 0.2) is 18.6 Å². The van der Waals surface area contributed by atoms with Crippen LogP contribution >= 0.6 is 23.2 Å². The zero-order valence-electron chi connectivity index (χ0n) is 22.4. The highest BCUT2D eigenvalue weighted by Gasteiger charge is 2.44. The molecular formula is C27H33Cl2F3N4O5. The van der Waals surface area contributed by atoms with Crippen molar-refractivity contribution in [2.24, 2.45) is 11.8 Å². The van der Waals surface area contributed by atoms with Crippen LogP contribution in [0, 0.1) is 11.8 Å². The minimum atomic E-state index is -4.92. The second kappa shape index (κ2) is 12.4. The van der Waals surface area contributed by atoms with Crippen molar-refractivity contribution in [3.63, 3.8) is 0 Å². The third kappa shape index (κ3) is 7.33. The molecule has 2 aromatic rings. The molecule has 2 saturated carbocycles. The Morgan fingerprint density at radius 2 is 1.68 bits per heavy atom. The molecular weight excluding hydrogens is 588 g/mol. The van der Waals surface area contributed by atoms with Crippen LogP contribution < -0.4 is 0 Å². The number of halogens is 5. The van der Waals surface area contributed by atoms with Crippen LogP contribution in [-0.4, -0.2) is 65.6 Å². The predicted octanol–water partition coefficient (Wildman–Crippen LogP) is 5.54. The molecule has 4 rings (SSSR count). The van der Waals surface area contributed by atoms with Crippen LogP contribution in [0.5, 0.6) is 0 Å². The van der Waals surface area contributed by atoms with Crippen molar-refractivity contribution in [2.75, 3.05) is 13.1 Å². The van der Waals surface area contributed by atoms with Gasteiger partial charge in [-0.25, -0.2) is 0 Å². The SMILES string of the molecule is CC1(O)CCC(CN(CC(O)c2c(Cl)cncc2Cl)C(=O)c2cnn(C3CCC(C(=O)O)CC3)c2C(F)(F)F)CC1. The average molecular weight is 621 g/mol. The van der Waals surface area contributed by atoms with E-state index in [1.807, 2.05) is 0 Å². The largest absolute Gasteiger partial charge is 0.481 e. The summed E-state index contributed by atoms with van der Waals surface area (Å²) in [6.45, 7) is 1.37. The summed E-state index contributed by atoms with van der Waals surface area (Å²) in [5.74, 6) is -2.69. The summed E-state index contributed by atoms with van der Waals surface area (Å²) in [6.07, 6.45) is -0.105. The molecule has 2 heterocycles. The first-order chi connectivity index (χ1) is 19.2. The minimum absolute atomic E-state index is 0.0402. The van der Waals surface area contributed by atoms with Gasteiger partial charge in [0.1, 0.15) is 0 Å². The number of amides is 1. The Morgan fingerprint density at radius 1 is 1.10 bits per heavy atom. The minimum Gasteiger partial charge on any atom is -0.481 e. The Bertz CT molecular complexity index is 1230. The summed E-state index contributed by atoms with van der Waals surface area (Å²) in [4.78, 5) is 30.2. The summed E-state index contributed by atoms with van der Waals surface area (Å²) < 4.78 is 44.2. The highest BCUT2D eigenvalue weighted by Crippen LogP contribution is 2.40. The van der Waals surface area contributed by atoms with Crippen molar-refractivity contribution < 1.29 is 38.1 Å². The molecule has 2 aromatic heterocycles. The second-order valence-electron chi connectivity index (χ2n) is 11.4. The number of carbonyl (C=O) groups is 2. The maximum Gasteiger partial charge on any atom is 0.433 e. The maximum absolute atomic E-state index is 14.5. The normalized spacial score (nSPS) is 26.0. The van der Waals surface area contributed by atoms with Crippen LogP contribution in [-0.2, 0) is 11.0 Å². The van der Waals surface area contributed by atoms with Gasteiger partial charge in [0.15, 0.2) is 5.69 Å². The van der Waals surface area contributed by atoms with Crippen molar-refractivity contribution in [3.8, 4) is 0 Å². The van der Waals surface area contributed by atoms with Crippen LogP contribution in [0.3, 0.4) is 0 Å². The highest BCUT2D eigenvalue weighted by molar-refractivity contribution is 6.35. The number of hydrogen-bond acceptors (Lipinski definition) is 6. The molecule has 0 bridgehead atoms. The number of aliphatic hydroxyl groups excluding tert-OH is 1. The quantitative estimate of drug-likeness (QED) is 0.353. The zero-order chi connectivity index (χ0) is 30.1. The smallest absolute Gasteiger partial charge is 0.433 e. The fourth-order valence-electron chi connectivity index (χ4n) is 5.89. The molecule has 0 saturated heterocycles. The van der Waals surface area contributed by atoms with Crippen molar-refractivity contribution >= 4 is 35.1 Å². The summed E-state index contributed by atoms with van der Waals surface area (Å²) in [7, 11) is 0. The lowest BCUT2D eigenvalue weighted by molar-refractivity contribution is -0.147. The van der Waals surface area contributed by atoms with E-state index in [1.54, 1.807) is 6.92 Å². The third-order valence-electron chi connectivity index (χ3n) is 8.25. The lowest BCUT2D eigenvalue weighted by Gasteiger charge is -2.36. The molecule has 14 heteroatoms. The first kappa shape index (κ1) is 31.5. The first-order valence-corrected chi connectivity index (χ1v) is 14.3. The molecule has 0 radical (unpaired) electrons. The molecule has 0 spiro atoms. The lowest BCUT2D eigenvalue weighted by Crippen LogP contribution is -2.41. The summed E-state index contributed by atoms with van der Waals surface area (Å²) in [5.41, 5.74) is -2.60. The molecule has 2 fully saturated rings. The molecule has 1 atom stereocenters. The van der Waals surface area contributed by atoms with Gasteiger partial charge >= 0.3 is 12.1 Å². The number of aliphatic hydroxyl groups is 2. The van der Waals surface area contributed by atoms with Gasteiger partial charge in [0, 0.05) is 24.5 Å². The van der Waals surface area contributed by atoms with E-state index in [-0.39, 0.29) is 60.3 Å². The van der Waals surface area contributed by atoms with Gasteiger partial charge < -0.3 is 20.2 Å². The van der Waals surface area contributed by atoms with Gasteiger partial charge in [0.2, 0.25) is 0 Å². The Balaban J connectivity index is 1.65. The Labute approximate surface area is 245 Å². The zero-order valence-corrected chi connectivity index (χ0v) is 24.0. The number of nitrogens with zero attached hydrogens (tertiary/aromatic N) is 4. The second-order valence-corrected chi connectivity index (χ2v) is 12.2. The Morgan fingerprint density at radius 3 is 2.22 bits per heavy atom. The number of hydrogen-bond donors (Lipinski definition) is 3. The first-order valence-electron chi connectivity index (χ1n) is 13.5. The molecule has 0 aliphatic heterocycles. The average Bonchev–Trinajstić information content (AvgIpc) is 3.35. The van der Waals surface area contributed by atoms with E-state index >= 15 is 0 Å². The molecule has 0 aromatic carbocycles. The summed E-state index contributed by atoms with van der Waals surface area (Å²) in [5, 5.41) is 34.7. The highest BCUT2D eigenvalue weighted by atomic mass is 35.5. The van der Waals surface area contributed by atoms with Gasteiger partial charge in [0.25, 0.3) is 5.91 Å². The number of rotatable bonds is 8. The molecule has 1 amide bonds. The van der Waals surface area contributed by atoms with E-state index in [0.29, 0.717) is 25.7 Å². The number of carboxylic acid groups (broad SMARTS) is 1. The topological polar surface area (TPSA) is 129 Å². The summed E-state index contributed by atoms with van der Waals surface area (Å²) in [6, 6.07) is -0.710. The van der Waals surface area contributed by atoms with Gasteiger partial charge in [-0.1, -0.05) is 23.2 Å². The number of aromatic nitrogens is 3. The van der Waals surface area contributed by atoms with E-state index in [9.17, 15) is 38.1 Å². The van der Waals surface area contributed by atoms with E-state index in [0.717, 1.165) is 10.9 Å². The van der Waals surface area contributed by atoms with Crippen LogP contribution in [0.1, 0.15) is 92.1 Å². The number of aliphatic carboxylic acids is 1. The standard InChI is InChI=1S/C27H33Cl2F3N4O5/c1-26(41)8-6-15(7-9-26)13-35(14-21(37)22-19(28)11-33-12-20(22)29)24(38)18-10-34-36(23(18)27(30,31)32)17-4-2-16(3-5-17)25(39)40/h10-12,15-17,21,37,41H,2-9,13-14H2,1H3,(H,39,40). The molecule has 2 aliphatic rings. The van der Waals surface area contributed by atoms with Gasteiger partial charge in [-0.15, -0.1) is 0 Å². The van der Waals surface area contributed by atoms with E-state index in [1.165, 1.54) is 17.3 Å². The van der Waals surface area contributed by atoms with Gasteiger partial charge in [0.05, 0.1) is 52.0 Å². The third-order valence-corrected chi connectivity index (χ3v) is 8.85. The van der Waals surface area contributed by atoms with E-state index in [4.69, 9.17) is 23.2 Å². The van der Waals surface area contributed by atoms with Gasteiger partial charge in [-0.05, 0) is 64.2 Å². The summed E-state index contributed by atoms with van der Waals surface area (Å²) >= 11 is 12.4. The Hall–Kier alpha value is -2.41. The molecule has 226 valence electrons. The predicted molar refractivity (Wildman–Crippen MR) is 144 cm³/mol. The van der Waals surface area contributed by atoms with Crippen molar-refractivity contribution in [2.45, 2.75) is 82.2 Å². The van der Waals surface area contributed by atoms with Crippen molar-refractivity contribution in [1.29, 1.82) is 0 Å². The number of carboxylic acids is 1. The fourth-order valence-corrected chi connectivity index (χ4v) is 6.51. The van der Waals surface area contributed by atoms with E-state index < -0.39 is 53.0 Å². The number of carbonyl (C=O) groups excluding carboxylic acids is 1. The lowest BCUT2D eigenvalue weighted by atomic mass is 9.79. The molecule has 1 unspecified atom stereocenters. The molecule has 9 nitrogen and oxygen atoms in total. The van der Waals surface area contributed by atoms with Gasteiger partial charge in [-0.3, -0.25) is 19.3 Å². The van der Waals surface area contributed by atoms with Gasteiger partial charge in [-0.2, -0.15) is 18.3 Å². The monoisotopic (exact) mass is 620 g/mol. The fraction of sp³-hybridized carbons (Fsp3) is 0.630. The van der Waals surface area contributed by atoms with Crippen LogP contribution in [0.4, 0.5) is 13.2 Å². The Kier molecular flexibility index (Phi) is 9.57. The van der Waals surface area contributed by atoms with E-state index in [2.05, 4.69) is 10.1 Å². The van der Waals surface area contributed by atoms with Crippen LogP contribution in [0.2, 0.25) is 10.0 Å². The molecule has 41 heavy (non-hydrogen) atoms. The number of alkyl halides is 3.